The van der Waals surface area contributed by atoms with Gasteiger partial charge in [-0.05, 0) is 23.1 Å². The predicted molar refractivity (Wildman–Crippen MR) is 94.1 cm³/mol. The molecule has 0 aromatic heterocycles. The maximum absolute atomic E-state index is 12.4. The maximum atomic E-state index is 12.4. The van der Waals surface area contributed by atoms with Gasteiger partial charge in [-0.1, -0.05) is 60.7 Å². The van der Waals surface area contributed by atoms with Crippen molar-refractivity contribution in [2.24, 2.45) is 0 Å². The summed E-state index contributed by atoms with van der Waals surface area (Å²) in [5.41, 5.74) is 3.59. The molecule has 3 rings (SSSR count). The molecule has 2 aromatic rings. The minimum absolute atomic E-state index is 0.133. The van der Waals surface area contributed by atoms with Crippen LogP contribution in [0.5, 0.6) is 0 Å². The van der Waals surface area contributed by atoms with Crippen molar-refractivity contribution in [1.82, 2.24) is 10.2 Å². The second kappa shape index (κ2) is 7.25. The molecule has 3 nitrogen and oxygen atoms in total. The highest BCUT2D eigenvalue weighted by Gasteiger charge is 2.27. The second-order valence-electron chi connectivity index (χ2n) is 5.85. The molecule has 1 aliphatic rings. The number of hydrogen-bond acceptors (Lipinski definition) is 2. The molecule has 1 aliphatic heterocycles. The van der Waals surface area contributed by atoms with Crippen molar-refractivity contribution in [2.75, 3.05) is 19.6 Å². The fourth-order valence-corrected chi connectivity index (χ4v) is 2.99. The van der Waals surface area contributed by atoms with Gasteiger partial charge in [-0.15, -0.1) is 6.58 Å². The molecule has 0 unspecified atom stereocenters. The summed E-state index contributed by atoms with van der Waals surface area (Å²) in [5, 5.41) is 3.33. The summed E-state index contributed by atoms with van der Waals surface area (Å²) in [4.78, 5) is 14.3. The number of amides is 1. The Hall–Kier alpha value is -2.39. The fourth-order valence-electron chi connectivity index (χ4n) is 2.99. The van der Waals surface area contributed by atoms with E-state index in [2.05, 4.69) is 48.3 Å². The molecule has 1 saturated heterocycles. The molecular formula is C20H22N2O. The Kier molecular flexibility index (Phi) is 4.89. The monoisotopic (exact) mass is 306 g/mol. The van der Waals surface area contributed by atoms with E-state index in [1.54, 1.807) is 6.08 Å². The Morgan fingerprint density at radius 3 is 2.48 bits per heavy atom. The maximum Gasteiger partial charge on any atom is 0.240 e. The number of nitrogens with one attached hydrogen (secondary N) is 1. The molecule has 0 aliphatic carbocycles. The van der Waals surface area contributed by atoms with E-state index in [0.717, 1.165) is 19.5 Å². The highest BCUT2D eigenvalue weighted by Crippen LogP contribution is 2.20. The van der Waals surface area contributed by atoms with Crippen molar-refractivity contribution in [3.63, 3.8) is 0 Å². The van der Waals surface area contributed by atoms with Crippen molar-refractivity contribution in [3.8, 4) is 11.1 Å². The van der Waals surface area contributed by atoms with Crippen molar-refractivity contribution >= 4 is 5.91 Å². The largest absolute Gasteiger partial charge is 0.336 e. The summed E-state index contributed by atoms with van der Waals surface area (Å²) in [6.45, 7) is 5.95. The highest BCUT2D eigenvalue weighted by molar-refractivity contribution is 5.83. The molecule has 3 heteroatoms. The third-order valence-electron chi connectivity index (χ3n) is 4.23. The van der Waals surface area contributed by atoms with Crippen LogP contribution < -0.4 is 5.32 Å². The Labute approximate surface area is 137 Å². The molecule has 0 spiro atoms. The number of rotatable bonds is 5. The molecule has 0 bridgehead atoms. The number of hydrogen-bond donors (Lipinski definition) is 1. The molecule has 1 heterocycles. The van der Waals surface area contributed by atoms with Gasteiger partial charge in [-0.3, -0.25) is 4.79 Å². The molecule has 118 valence electrons. The predicted octanol–water partition coefficient (Wildman–Crippen LogP) is 2.88. The van der Waals surface area contributed by atoms with E-state index in [1.807, 2.05) is 23.1 Å². The fraction of sp³-hybridized carbons (Fsp3) is 0.250. The first kappa shape index (κ1) is 15.5. The van der Waals surface area contributed by atoms with E-state index in [0.29, 0.717) is 6.54 Å². The SMILES string of the molecule is C=CCN1CCN[C@@H](Cc2ccc(-c3ccccc3)cc2)C1=O. The average molecular weight is 306 g/mol. The molecule has 2 aromatic carbocycles. The number of benzene rings is 2. The third-order valence-corrected chi connectivity index (χ3v) is 4.23. The van der Waals surface area contributed by atoms with Gasteiger partial charge >= 0.3 is 0 Å². The van der Waals surface area contributed by atoms with Crippen LogP contribution in [0.2, 0.25) is 0 Å². The zero-order valence-electron chi connectivity index (χ0n) is 13.2. The Morgan fingerprint density at radius 2 is 1.78 bits per heavy atom. The molecule has 1 atom stereocenters. The van der Waals surface area contributed by atoms with Crippen LogP contribution in [0.3, 0.4) is 0 Å². The molecular weight excluding hydrogens is 284 g/mol. The highest BCUT2D eigenvalue weighted by atomic mass is 16.2. The van der Waals surface area contributed by atoms with Crippen LogP contribution >= 0.6 is 0 Å². The number of carbonyl (C=O) groups is 1. The first-order chi connectivity index (χ1) is 11.3. The first-order valence-electron chi connectivity index (χ1n) is 8.05. The number of nitrogens with zero attached hydrogens (tertiary/aromatic N) is 1. The van der Waals surface area contributed by atoms with Gasteiger partial charge < -0.3 is 10.2 Å². The molecule has 1 fully saturated rings. The lowest BCUT2D eigenvalue weighted by Gasteiger charge is -2.32. The van der Waals surface area contributed by atoms with Crippen LogP contribution in [0, 0.1) is 0 Å². The average Bonchev–Trinajstić information content (AvgIpc) is 2.60. The zero-order valence-corrected chi connectivity index (χ0v) is 13.2. The van der Waals surface area contributed by atoms with Gasteiger partial charge in [-0.2, -0.15) is 0 Å². The standard InChI is InChI=1S/C20H22N2O/c1-2-13-22-14-12-21-19(20(22)23)15-16-8-10-18(11-9-16)17-6-4-3-5-7-17/h2-11,19,21H,1,12-15H2/t19-/m0/s1. The Balaban J connectivity index is 1.68. The van der Waals surface area contributed by atoms with Gasteiger partial charge in [0.05, 0.1) is 6.04 Å². The normalized spacial score (nSPS) is 18.0. The van der Waals surface area contributed by atoms with Crippen molar-refractivity contribution in [2.45, 2.75) is 12.5 Å². The number of piperazine rings is 1. The Bertz CT molecular complexity index is 664. The number of carbonyl (C=O) groups excluding carboxylic acids is 1. The molecule has 0 radical (unpaired) electrons. The summed E-state index contributed by atoms with van der Waals surface area (Å²) < 4.78 is 0. The lowest BCUT2D eigenvalue weighted by molar-refractivity contribution is -0.135. The summed E-state index contributed by atoms with van der Waals surface area (Å²) in [6.07, 6.45) is 2.51. The van der Waals surface area contributed by atoms with Gasteiger partial charge in [0, 0.05) is 19.6 Å². The molecule has 23 heavy (non-hydrogen) atoms. The lowest BCUT2D eigenvalue weighted by atomic mass is 9.99. The van der Waals surface area contributed by atoms with Crippen molar-refractivity contribution in [3.05, 3.63) is 72.8 Å². The van der Waals surface area contributed by atoms with Crippen LogP contribution in [0.4, 0.5) is 0 Å². The van der Waals surface area contributed by atoms with Crippen LogP contribution in [-0.4, -0.2) is 36.5 Å². The van der Waals surface area contributed by atoms with E-state index in [9.17, 15) is 4.79 Å². The quantitative estimate of drug-likeness (QED) is 0.862. The van der Waals surface area contributed by atoms with E-state index in [4.69, 9.17) is 0 Å². The van der Waals surface area contributed by atoms with Gasteiger partial charge in [0.15, 0.2) is 0 Å². The van der Waals surface area contributed by atoms with E-state index >= 15 is 0 Å². The van der Waals surface area contributed by atoms with Crippen LogP contribution in [0.15, 0.2) is 67.3 Å². The summed E-state index contributed by atoms with van der Waals surface area (Å²) in [5.74, 6) is 0.170. The van der Waals surface area contributed by atoms with Crippen LogP contribution in [0.1, 0.15) is 5.56 Å². The smallest absolute Gasteiger partial charge is 0.240 e. The second-order valence-corrected chi connectivity index (χ2v) is 5.85. The van der Waals surface area contributed by atoms with E-state index in [-0.39, 0.29) is 11.9 Å². The topological polar surface area (TPSA) is 32.3 Å². The summed E-state index contributed by atoms with van der Waals surface area (Å²) >= 11 is 0. The zero-order chi connectivity index (χ0) is 16.1. The minimum atomic E-state index is -0.133. The first-order valence-corrected chi connectivity index (χ1v) is 8.05. The molecule has 1 N–H and O–H groups in total. The minimum Gasteiger partial charge on any atom is -0.336 e. The van der Waals surface area contributed by atoms with Gasteiger partial charge in [0.1, 0.15) is 0 Å². The van der Waals surface area contributed by atoms with Gasteiger partial charge in [-0.25, -0.2) is 0 Å². The summed E-state index contributed by atoms with van der Waals surface area (Å²) in [7, 11) is 0. The molecule has 1 amide bonds. The van der Waals surface area contributed by atoms with Crippen LogP contribution in [0.25, 0.3) is 11.1 Å². The van der Waals surface area contributed by atoms with E-state index < -0.39 is 0 Å². The third kappa shape index (κ3) is 3.69. The van der Waals surface area contributed by atoms with Gasteiger partial charge in [0.2, 0.25) is 5.91 Å². The summed E-state index contributed by atoms with van der Waals surface area (Å²) in [6, 6.07) is 18.7. The van der Waals surface area contributed by atoms with Crippen molar-refractivity contribution in [1.29, 1.82) is 0 Å². The van der Waals surface area contributed by atoms with Crippen molar-refractivity contribution < 1.29 is 4.79 Å². The van der Waals surface area contributed by atoms with Crippen LogP contribution in [-0.2, 0) is 11.2 Å². The lowest BCUT2D eigenvalue weighted by Crippen LogP contribution is -2.55. The Morgan fingerprint density at radius 1 is 1.09 bits per heavy atom. The van der Waals surface area contributed by atoms with Gasteiger partial charge in [0.25, 0.3) is 0 Å². The molecule has 0 saturated carbocycles. The van der Waals surface area contributed by atoms with E-state index in [1.165, 1.54) is 16.7 Å².